The summed E-state index contributed by atoms with van der Waals surface area (Å²) in [4.78, 5) is 23.8. The second-order valence-corrected chi connectivity index (χ2v) is 11.7. The molecule has 0 unspecified atom stereocenters. The van der Waals surface area contributed by atoms with Crippen LogP contribution in [-0.2, 0) is 4.79 Å². The number of rotatable bonds is 8. The Labute approximate surface area is 249 Å². The fourth-order valence-electron chi connectivity index (χ4n) is 5.62. The molecular formula is C32H33FN8O2. The monoisotopic (exact) mass is 580 g/mol. The van der Waals surface area contributed by atoms with Crippen LogP contribution in [0, 0.1) is 17.1 Å². The van der Waals surface area contributed by atoms with E-state index in [0.717, 1.165) is 19.3 Å². The maximum Gasteiger partial charge on any atom is 0.264 e. The average molecular weight is 581 g/mol. The Morgan fingerprint density at radius 1 is 1.16 bits per heavy atom. The average Bonchev–Trinajstić information content (AvgIpc) is 3.72. The number of nitrogens with two attached hydrogens (primary N) is 1. The quantitative estimate of drug-likeness (QED) is 0.216. The van der Waals surface area contributed by atoms with Crippen molar-refractivity contribution in [1.82, 2.24) is 30.0 Å². The van der Waals surface area contributed by atoms with E-state index in [0.29, 0.717) is 53.8 Å². The fraction of sp³-hybridized carbons (Fsp3) is 0.344. The van der Waals surface area contributed by atoms with Crippen LogP contribution in [0.2, 0.25) is 0 Å². The third-order valence-corrected chi connectivity index (χ3v) is 7.73. The molecular weight excluding hydrogens is 547 g/mol. The number of hydrogen-bond donors (Lipinski definition) is 2. The summed E-state index contributed by atoms with van der Waals surface area (Å²) in [6.07, 6.45) is 6.70. The van der Waals surface area contributed by atoms with Gasteiger partial charge in [0, 0.05) is 36.3 Å². The van der Waals surface area contributed by atoms with Crippen molar-refractivity contribution in [1.29, 1.82) is 5.26 Å². The van der Waals surface area contributed by atoms with Gasteiger partial charge in [-0.3, -0.25) is 4.79 Å². The third-order valence-electron chi connectivity index (χ3n) is 7.73. The lowest BCUT2D eigenvalue weighted by Gasteiger charge is -2.33. The van der Waals surface area contributed by atoms with Crippen LogP contribution in [0.25, 0.3) is 22.3 Å². The number of carbonyl (C=O) groups excluding carboxylic acids is 1. The normalized spacial score (nSPS) is 17.6. The number of nitrogens with zero attached hydrogens (tertiary/aromatic N) is 6. The van der Waals surface area contributed by atoms with Crippen molar-refractivity contribution in [2.75, 3.05) is 18.8 Å². The Hall–Kier alpha value is -4.82. The molecule has 3 N–H and O–H groups in total. The van der Waals surface area contributed by atoms with Crippen molar-refractivity contribution < 1.29 is 13.9 Å². The van der Waals surface area contributed by atoms with Gasteiger partial charge in [-0.2, -0.15) is 10.4 Å². The van der Waals surface area contributed by atoms with E-state index in [1.54, 1.807) is 39.9 Å². The second kappa shape index (κ2) is 11.5. The highest BCUT2D eigenvalue weighted by Crippen LogP contribution is 2.36. The number of halogens is 1. The predicted octanol–water partition coefficient (Wildman–Crippen LogP) is 5.15. The molecule has 10 nitrogen and oxygen atoms in total. The number of nitrogens with one attached hydrogen (secondary N) is 1. The second-order valence-electron chi connectivity index (χ2n) is 11.7. The standard InChI is InChI=1S/C32H33FN8O2/c1-32(2,38-21-10-11-21)16-20(17-34)31(42)40-14-6-7-22(18-40)41-30-27(29(35)36-19-37-30)28(39-41)25-13-12-24(15-26(25)33)43-23-8-4-3-5-9-23/h3-5,8-9,12-13,15-16,19,21-22,38H,6-7,10-11,14,18H2,1-2H3,(H2,35,36,37)/b20-16-/t22-/m1/s1. The molecule has 4 aromatic rings. The molecule has 0 spiro atoms. The minimum Gasteiger partial charge on any atom is -0.457 e. The molecule has 0 radical (unpaired) electrons. The number of amides is 1. The SMILES string of the molecule is CC(C)(/C=C(/C#N)C(=O)N1CCC[C@@H](n2nc(-c3ccc(Oc4ccccc4)cc3F)c3c(N)ncnc32)C1)NC1CC1. The first kappa shape index (κ1) is 28.3. The Bertz CT molecular complexity index is 1740. The minimum atomic E-state index is -0.532. The van der Waals surface area contributed by atoms with Gasteiger partial charge in [-0.05, 0) is 69.9 Å². The van der Waals surface area contributed by atoms with Crippen LogP contribution in [0.5, 0.6) is 11.5 Å². The summed E-state index contributed by atoms with van der Waals surface area (Å²) in [6.45, 7) is 4.78. The highest BCUT2D eigenvalue weighted by molar-refractivity contribution is 5.99. The molecule has 0 bridgehead atoms. The maximum atomic E-state index is 15.6. The summed E-state index contributed by atoms with van der Waals surface area (Å²) < 4.78 is 23.1. The highest BCUT2D eigenvalue weighted by Gasteiger charge is 2.33. The summed E-state index contributed by atoms with van der Waals surface area (Å²) in [5.41, 5.74) is 6.91. The molecule has 3 heterocycles. The summed E-state index contributed by atoms with van der Waals surface area (Å²) in [5.74, 6) is 0.270. The van der Waals surface area contributed by atoms with Crippen LogP contribution in [0.15, 0.2) is 66.5 Å². The lowest BCUT2D eigenvalue weighted by Crippen LogP contribution is -2.43. The molecule has 1 amide bonds. The van der Waals surface area contributed by atoms with E-state index >= 15 is 4.39 Å². The van der Waals surface area contributed by atoms with Gasteiger partial charge in [-0.15, -0.1) is 0 Å². The number of hydrogen-bond acceptors (Lipinski definition) is 8. The molecule has 220 valence electrons. The van der Waals surface area contributed by atoms with Gasteiger partial charge in [0.15, 0.2) is 5.65 Å². The van der Waals surface area contributed by atoms with Crippen molar-refractivity contribution in [2.24, 2.45) is 0 Å². The first-order chi connectivity index (χ1) is 20.7. The zero-order valence-electron chi connectivity index (χ0n) is 24.1. The molecule has 1 aliphatic heterocycles. The van der Waals surface area contributed by atoms with Gasteiger partial charge in [0.05, 0.1) is 11.4 Å². The lowest BCUT2D eigenvalue weighted by molar-refractivity contribution is -0.128. The number of carbonyl (C=O) groups is 1. The van der Waals surface area contributed by atoms with Gasteiger partial charge in [0.1, 0.15) is 46.8 Å². The van der Waals surface area contributed by atoms with E-state index in [1.807, 2.05) is 32.0 Å². The van der Waals surface area contributed by atoms with E-state index in [1.165, 1.54) is 12.4 Å². The maximum absolute atomic E-state index is 15.6. The molecule has 1 atom stereocenters. The number of nitrogen functional groups attached to an aromatic ring is 1. The fourth-order valence-corrected chi connectivity index (χ4v) is 5.62. The Morgan fingerprint density at radius 3 is 2.67 bits per heavy atom. The smallest absolute Gasteiger partial charge is 0.264 e. The number of benzene rings is 2. The molecule has 11 heteroatoms. The van der Waals surface area contributed by atoms with E-state index in [-0.39, 0.29) is 28.9 Å². The van der Waals surface area contributed by atoms with E-state index in [2.05, 4.69) is 21.4 Å². The zero-order valence-corrected chi connectivity index (χ0v) is 24.1. The number of likely N-dealkylation sites (tertiary alicyclic amines) is 1. The first-order valence-electron chi connectivity index (χ1n) is 14.4. The van der Waals surface area contributed by atoms with Crippen molar-refractivity contribution >= 4 is 22.8 Å². The first-order valence-corrected chi connectivity index (χ1v) is 14.4. The Balaban J connectivity index is 1.29. The molecule has 43 heavy (non-hydrogen) atoms. The number of para-hydroxylation sites is 1. The summed E-state index contributed by atoms with van der Waals surface area (Å²) in [5, 5.41) is 18.6. The van der Waals surface area contributed by atoms with Crippen molar-refractivity contribution in [3.05, 3.63) is 72.3 Å². The van der Waals surface area contributed by atoms with Gasteiger partial charge in [0.25, 0.3) is 5.91 Å². The van der Waals surface area contributed by atoms with Crippen molar-refractivity contribution in [2.45, 2.75) is 57.2 Å². The molecule has 2 fully saturated rings. The molecule has 2 aromatic carbocycles. The van der Waals surface area contributed by atoms with Crippen LogP contribution >= 0.6 is 0 Å². The molecule has 2 aromatic heterocycles. The number of anilines is 1. The number of piperidine rings is 1. The van der Waals surface area contributed by atoms with E-state index in [9.17, 15) is 10.1 Å². The zero-order chi connectivity index (χ0) is 30.1. The topological polar surface area (TPSA) is 135 Å². The van der Waals surface area contributed by atoms with Crippen LogP contribution in [0.1, 0.15) is 45.6 Å². The predicted molar refractivity (Wildman–Crippen MR) is 160 cm³/mol. The van der Waals surface area contributed by atoms with Crippen LogP contribution in [-0.4, -0.2) is 55.2 Å². The van der Waals surface area contributed by atoms with Crippen molar-refractivity contribution in [3.8, 4) is 28.8 Å². The Kier molecular flexibility index (Phi) is 7.54. The van der Waals surface area contributed by atoms with Crippen molar-refractivity contribution in [3.63, 3.8) is 0 Å². The summed E-state index contributed by atoms with van der Waals surface area (Å²) in [7, 11) is 0. The van der Waals surface area contributed by atoms with Gasteiger partial charge < -0.3 is 20.7 Å². The van der Waals surface area contributed by atoms with Crippen LogP contribution in [0.4, 0.5) is 10.2 Å². The Morgan fingerprint density at radius 2 is 1.95 bits per heavy atom. The van der Waals surface area contributed by atoms with Crippen LogP contribution in [0.3, 0.4) is 0 Å². The summed E-state index contributed by atoms with van der Waals surface area (Å²) in [6, 6.07) is 16.0. The van der Waals surface area contributed by atoms with Gasteiger partial charge >= 0.3 is 0 Å². The van der Waals surface area contributed by atoms with Gasteiger partial charge in [0.2, 0.25) is 0 Å². The number of aromatic nitrogens is 4. The largest absolute Gasteiger partial charge is 0.457 e. The minimum absolute atomic E-state index is 0.108. The number of fused-ring (bicyclic) bond motifs is 1. The molecule has 1 aliphatic carbocycles. The van der Waals surface area contributed by atoms with E-state index in [4.69, 9.17) is 15.6 Å². The van der Waals surface area contributed by atoms with Crippen LogP contribution < -0.4 is 15.8 Å². The lowest BCUT2D eigenvalue weighted by atomic mass is 9.99. The number of ether oxygens (including phenoxy) is 1. The molecule has 1 saturated carbocycles. The third kappa shape index (κ3) is 6.05. The molecule has 2 aliphatic rings. The molecule has 6 rings (SSSR count). The highest BCUT2D eigenvalue weighted by atomic mass is 19.1. The summed E-state index contributed by atoms with van der Waals surface area (Å²) >= 11 is 0. The molecule has 1 saturated heterocycles. The van der Waals surface area contributed by atoms with Gasteiger partial charge in [-0.25, -0.2) is 19.0 Å². The van der Waals surface area contributed by atoms with Gasteiger partial charge in [-0.1, -0.05) is 18.2 Å². The number of nitriles is 1. The van der Waals surface area contributed by atoms with E-state index < -0.39 is 11.4 Å².